The molecule has 1 heterocycles. The van der Waals surface area contributed by atoms with E-state index in [0.717, 1.165) is 18.7 Å². The molecule has 0 radical (unpaired) electrons. The molecule has 0 saturated carbocycles. The van der Waals surface area contributed by atoms with Crippen LogP contribution >= 0.6 is 0 Å². The number of nitrogens with zero attached hydrogens (tertiary/aromatic N) is 1. The number of aliphatic hydroxyl groups is 1. The summed E-state index contributed by atoms with van der Waals surface area (Å²) < 4.78 is 10.7. The number of hydrogen-bond donors (Lipinski definition) is 1. The first-order chi connectivity index (χ1) is 10.2. The minimum absolute atomic E-state index is 0.400. The van der Waals surface area contributed by atoms with Gasteiger partial charge in [0.1, 0.15) is 5.75 Å². The number of methoxy groups -OCH3 is 1. The summed E-state index contributed by atoms with van der Waals surface area (Å²) >= 11 is 0. The minimum Gasteiger partial charge on any atom is -0.496 e. The van der Waals surface area contributed by atoms with Gasteiger partial charge in [0.15, 0.2) is 0 Å². The molecule has 2 atom stereocenters. The van der Waals surface area contributed by atoms with Crippen LogP contribution in [0.1, 0.15) is 25.3 Å². The van der Waals surface area contributed by atoms with Crippen molar-refractivity contribution in [3.05, 3.63) is 29.8 Å². The molecule has 4 heteroatoms. The van der Waals surface area contributed by atoms with E-state index in [2.05, 4.69) is 17.0 Å². The summed E-state index contributed by atoms with van der Waals surface area (Å²) in [5.74, 6) is 0.958. The summed E-state index contributed by atoms with van der Waals surface area (Å²) in [6.45, 7) is 4.78. The van der Waals surface area contributed by atoms with Crippen LogP contribution in [0.25, 0.3) is 0 Å². The maximum Gasteiger partial charge on any atom is 0.122 e. The Kier molecular flexibility index (Phi) is 6.49. The van der Waals surface area contributed by atoms with E-state index in [1.54, 1.807) is 7.11 Å². The number of rotatable bonds is 8. The zero-order valence-electron chi connectivity index (χ0n) is 13.1. The van der Waals surface area contributed by atoms with Crippen molar-refractivity contribution in [3.63, 3.8) is 0 Å². The van der Waals surface area contributed by atoms with Gasteiger partial charge in [0.25, 0.3) is 0 Å². The predicted octanol–water partition coefficient (Wildman–Crippen LogP) is 2.10. The summed E-state index contributed by atoms with van der Waals surface area (Å²) in [5.41, 5.74) is 1.25. The second-order valence-electron chi connectivity index (χ2n) is 5.62. The highest BCUT2D eigenvalue weighted by Crippen LogP contribution is 2.26. The van der Waals surface area contributed by atoms with Crippen LogP contribution in [-0.4, -0.2) is 55.6 Å². The molecule has 0 unspecified atom stereocenters. The Hall–Kier alpha value is -1.10. The van der Waals surface area contributed by atoms with E-state index in [9.17, 15) is 5.11 Å². The van der Waals surface area contributed by atoms with Crippen molar-refractivity contribution in [2.75, 3.05) is 33.4 Å². The van der Waals surface area contributed by atoms with Gasteiger partial charge >= 0.3 is 0 Å². The number of β-amino-alcohol motifs (C(OH)–C–C–N with tert-alkyl or cyclic N) is 1. The molecule has 1 aromatic carbocycles. The molecule has 21 heavy (non-hydrogen) atoms. The molecular weight excluding hydrogens is 266 g/mol. The topological polar surface area (TPSA) is 41.9 Å². The Balaban J connectivity index is 1.92. The lowest BCUT2D eigenvalue weighted by Gasteiger charge is -2.27. The van der Waals surface area contributed by atoms with Crippen LogP contribution in [0.4, 0.5) is 0 Å². The average Bonchev–Trinajstić information content (AvgIpc) is 2.92. The fourth-order valence-corrected chi connectivity index (χ4v) is 3.07. The third kappa shape index (κ3) is 4.70. The molecule has 0 spiro atoms. The van der Waals surface area contributed by atoms with Crippen molar-refractivity contribution in [2.45, 2.75) is 38.3 Å². The van der Waals surface area contributed by atoms with E-state index in [0.29, 0.717) is 25.8 Å². The molecule has 2 rings (SSSR count). The monoisotopic (exact) mass is 293 g/mol. The highest BCUT2D eigenvalue weighted by Gasteiger charge is 2.27. The van der Waals surface area contributed by atoms with E-state index < -0.39 is 6.10 Å². The summed E-state index contributed by atoms with van der Waals surface area (Å²) in [5, 5.41) is 10.0. The van der Waals surface area contributed by atoms with Gasteiger partial charge in [-0.1, -0.05) is 18.2 Å². The molecule has 1 saturated heterocycles. The first-order valence-electron chi connectivity index (χ1n) is 7.86. The van der Waals surface area contributed by atoms with Gasteiger partial charge in [0, 0.05) is 19.2 Å². The Morgan fingerprint density at radius 2 is 2.19 bits per heavy atom. The molecular formula is C17H27NO3. The molecule has 1 aromatic rings. The highest BCUT2D eigenvalue weighted by atomic mass is 16.5. The van der Waals surface area contributed by atoms with Gasteiger partial charge in [-0.25, -0.2) is 0 Å². The highest BCUT2D eigenvalue weighted by molar-refractivity contribution is 5.34. The van der Waals surface area contributed by atoms with Crippen LogP contribution in [0.2, 0.25) is 0 Å². The third-order valence-corrected chi connectivity index (χ3v) is 4.11. The third-order valence-electron chi connectivity index (χ3n) is 4.11. The van der Waals surface area contributed by atoms with Crippen LogP contribution in [-0.2, 0) is 11.2 Å². The molecule has 4 nitrogen and oxygen atoms in total. The summed E-state index contributed by atoms with van der Waals surface area (Å²) in [6, 6.07) is 8.68. The van der Waals surface area contributed by atoms with Crippen molar-refractivity contribution < 1.29 is 14.6 Å². The lowest BCUT2D eigenvalue weighted by atomic mass is 10.0. The molecule has 1 aliphatic heterocycles. The normalized spacial score (nSPS) is 20.6. The second-order valence-corrected chi connectivity index (χ2v) is 5.62. The van der Waals surface area contributed by atoms with Crippen LogP contribution in [0, 0.1) is 0 Å². The lowest BCUT2D eigenvalue weighted by Crippen LogP contribution is -2.39. The van der Waals surface area contributed by atoms with Crippen molar-refractivity contribution in [1.82, 2.24) is 4.90 Å². The SMILES string of the molecule is CCOC[C@H](O)CN1CCC[C@H]1Cc1ccccc1OC. The van der Waals surface area contributed by atoms with Gasteiger partial charge in [-0.3, -0.25) is 4.90 Å². The van der Waals surface area contributed by atoms with Crippen LogP contribution in [0.3, 0.4) is 0 Å². The summed E-state index contributed by atoms with van der Waals surface area (Å²) in [4.78, 5) is 2.39. The van der Waals surface area contributed by atoms with Gasteiger partial charge in [0.2, 0.25) is 0 Å². The molecule has 1 aliphatic rings. The summed E-state index contributed by atoms with van der Waals surface area (Å²) in [7, 11) is 1.72. The van der Waals surface area contributed by atoms with Crippen LogP contribution in [0.5, 0.6) is 5.75 Å². The van der Waals surface area contributed by atoms with E-state index >= 15 is 0 Å². The van der Waals surface area contributed by atoms with E-state index in [4.69, 9.17) is 9.47 Å². The second kappa shape index (κ2) is 8.37. The molecule has 0 amide bonds. The Morgan fingerprint density at radius 1 is 1.38 bits per heavy atom. The molecule has 118 valence electrons. The van der Waals surface area contributed by atoms with E-state index in [1.165, 1.54) is 18.4 Å². The van der Waals surface area contributed by atoms with E-state index in [1.807, 2.05) is 19.1 Å². The molecule has 1 fully saturated rings. The maximum absolute atomic E-state index is 10.0. The Labute approximate surface area is 127 Å². The largest absolute Gasteiger partial charge is 0.496 e. The van der Waals surface area contributed by atoms with Crippen molar-refractivity contribution in [2.24, 2.45) is 0 Å². The van der Waals surface area contributed by atoms with Crippen molar-refractivity contribution in [1.29, 1.82) is 0 Å². The molecule has 0 aliphatic carbocycles. The van der Waals surface area contributed by atoms with Crippen LogP contribution in [0.15, 0.2) is 24.3 Å². The number of likely N-dealkylation sites (tertiary alicyclic amines) is 1. The van der Waals surface area contributed by atoms with Crippen molar-refractivity contribution >= 4 is 0 Å². The minimum atomic E-state index is -0.400. The first-order valence-corrected chi connectivity index (χ1v) is 7.86. The molecule has 0 bridgehead atoms. The Bertz CT molecular complexity index is 424. The standard InChI is InChI=1S/C17H27NO3/c1-3-21-13-16(19)12-18-10-6-8-15(18)11-14-7-4-5-9-17(14)20-2/h4-5,7,9,15-16,19H,3,6,8,10-13H2,1-2H3/t15-,16+/m0/s1. The molecule has 1 N–H and O–H groups in total. The number of para-hydroxylation sites is 1. The molecule has 0 aromatic heterocycles. The van der Waals surface area contributed by atoms with Gasteiger partial charge < -0.3 is 14.6 Å². The fourth-order valence-electron chi connectivity index (χ4n) is 3.07. The van der Waals surface area contributed by atoms with E-state index in [-0.39, 0.29) is 0 Å². The van der Waals surface area contributed by atoms with Crippen LogP contribution < -0.4 is 4.74 Å². The Morgan fingerprint density at radius 3 is 2.95 bits per heavy atom. The first kappa shape index (κ1) is 16.3. The number of benzene rings is 1. The fraction of sp³-hybridized carbons (Fsp3) is 0.647. The number of ether oxygens (including phenoxy) is 2. The number of aliphatic hydroxyl groups excluding tert-OH is 1. The average molecular weight is 293 g/mol. The predicted molar refractivity (Wildman–Crippen MR) is 83.8 cm³/mol. The lowest BCUT2D eigenvalue weighted by molar-refractivity contribution is 0.0188. The van der Waals surface area contributed by atoms with Crippen molar-refractivity contribution in [3.8, 4) is 5.75 Å². The maximum atomic E-state index is 10.0. The van der Waals surface area contributed by atoms with Gasteiger partial charge in [-0.15, -0.1) is 0 Å². The summed E-state index contributed by atoms with van der Waals surface area (Å²) in [6.07, 6.45) is 2.95. The number of hydrogen-bond acceptors (Lipinski definition) is 4. The van der Waals surface area contributed by atoms with Gasteiger partial charge in [-0.05, 0) is 44.4 Å². The van der Waals surface area contributed by atoms with Gasteiger partial charge in [-0.2, -0.15) is 0 Å². The zero-order valence-corrected chi connectivity index (χ0v) is 13.1. The quantitative estimate of drug-likeness (QED) is 0.797. The van der Waals surface area contributed by atoms with Gasteiger partial charge in [0.05, 0.1) is 19.8 Å². The zero-order chi connectivity index (χ0) is 15.1. The smallest absolute Gasteiger partial charge is 0.122 e.